The molecule has 0 radical (unpaired) electrons. The van der Waals surface area contributed by atoms with E-state index in [9.17, 15) is 9.18 Å². The molecule has 0 saturated carbocycles. The van der Waals surface area contributed by atoms with Crippen molar-refractivity contribution >= 4 is 27.9 Å². The van der Waals surface area contributed by atoms with Crippen LogP contribution in [0.4, 0.5) is 9.18 Å². The number of nitrogens with zero attached hydrogens (tertiary/aromatic N) is 1. The predicted octanol–water partition coefficient (Wildman–Crippen LogP) is 2.49. The fourth-order valence-electron chi connectivity index (χ4n) is 0.339. The Balaban J connectivity index is 3.71. The van der Waals surface area contributed by atoms with Gasteiger partial charge >= 0.3 is 6.16 Å². The Morgan fingerprint density at radius 2 is 2.50 bits per heavy atom. The van der Waals surface area contributed by atoms with Crippen LogP contribution in [0.25, 0.3) is 0 Å². The molecule has 0 aromatic heterocycles. The number of rotatable bonds is 4. The maximum absolute atomic E-state index is 11.9. The molecular weight excluding hydrogens is 173 g/mol. The van der Waals surface area contributed by atoms with E-state index in [0.29, 0.717) is 0 Å². The lowest BCUT2D eigenvalue weighted by Gasteiger charge is -2.11. The molecule has 0 spiro atoms. The highest BCUT2D eigenvalue weighted by Gasteiger charge is 2.09. The van der Waals surface area contributed by atoms with Crippen molar-refractivity contribution in [3.8, 4) is 0 Å². The van der Waals surface area contributed by atoms with Gasteiger partial charge in [0, 0.05) is 11.0 Å². The predicted molar refractivity (Wildman–Crippen MR) is 44.5 cm³/mol. The molecule has 1 amide bonds. The number of amides is 1. The van der Waals surface area contributed by atoms with E-state index in [1.54, 1.807) is 6.26 Å². The molecule has 10 heavy (non-hydrogen) atoms. The van der Waals surface area contributed by atoms with Crippen molar-refractivity contribution in [3.05, 3.63) is 12.7 Å². The van der Waals surface area contributed by atoms with Crippen molar-refractivity contribution in [2.45, 2.75) is 0 Å². The summed E-state index contributed by atoms with van der Waals surface area (Å²) in [4.78, 5) is 10.1. The number of hydrogen-bond donors (Lipinski definition) is 0. The van der Waals surface area contributed by atoms with Gasteiger partial charge in [-0.1, -0.05) is 16.9 Å². The molecule has 0 saturated heterocycles. The standard InChI is InChI=1S/C5H8FNOS2/c1-3-4-7(5(6)8)10-9-2/h3H,1,4H2,2H3. The van der Waals surface area contributed by atoms with Crippen LogP contribution in [0, 0.1) is 0 Å². The van der Waals surface area contributed by atoms with Gasteiger partial charge in [-0.2, -0.15) is 0 Å². The molecule has 0 fully saturated rings. The Bertz CT molecular complexity index is 131. The van der Waals surface area contributed by atoms with E-state index in [1.807, 2.05) is 0 Å². The molecule has 0 aliphatic heterocycles. The van der Waals surface area contributed by atoms with Crippen molar-refractivity contribution in [2.75, 3.05) is 12.8 Å². The van der Waals surface area contributed by atoms with Crippen LogP contribution in [0.2, 0.25) is 0 Å². The van der Waals surface area contributed by atoms with Crippen LogP contribution in [0.3, 0.4) is 0 Å². The van der Waals surface area contributed by atoms with Crippen molar-refractivity contribution in [1.82, 2.24) is 4.31 Å². The van der Waals surface area contributed by atoms with Crippen LogP contribution in [0.15, 0.2) is 12.7 Å². The molecular formula is C5H8FNOS2. The third-order valence-corrected chi connectivity index (χ3v) is 2.26. The molecule has 0 aliphatic rings. The van der Waals surface area contributed by atoms with Crippen LogP contribution in [0.1, 0.15) is 0 Å². The first-order valence-corrected chi connectivity index (χ1v) is 5.02. The Hall–Kier alpha value is -0.160. The van der Waals surface area contributed by atoms with Gasteiger partial charge in [0.05, 0.1) is 6.54 Å². The summed E-state index contributed by atoms with van der Waals surface area (Å²) in [6.07, 6.45) is 1.81. The van der Waals surface area contributed by atoms with Gasteiger partial charge in [0.25, 0.3) is 0 Å². The summed E-state index contributed by atoms with van der Waals surface area (Å²) in [5.41, 5.74) is 0. The Morgan fingerprint density at radius 3 is 2.80 bits per heavy atom. The number of carbonyl (C=O) groups excluding carboxylic acids is 1. The molecule has 0 unspecified atom stereocenters. The third-order valence-electron chi connectivity index (χ3n) is 0.656. The molecule has 0 aromatic carbocycles. The normalized spacial score (nSPS) is 9.00. The minimum absolute atomic E-state index is 0.237. The van der Waals surface area contributed by atoms with E-state index < -0.39 is 6.16 Å². The number of carbonyl (C=O) groups is 1. The second-order valence-corrected chi connectivity index (χ2v) is 3.71. The van der Waals surface area contributed by atoms with E-state index in [-0.39, 0.29) is 6.54 Å². The highest BCUT2D eigenvalue weighted by molar-refractivity contribution is 8.75. The molecule has 0 aliphatic carbocycles. The first kappa shape index (κ1) is 9.84. The summed E-state index contributed by atoms with van der Waals surface area (Å²) in [5.74, 6) is 0. The molecule has 0 rings (SSSR count). The molecule has 0 aromatic rings. The molecule has 0 N–H and O–H groups in total. The highest BCUT2D eigenvalue weighted by atomic mass is 33.1. The Kier molecular flexibility index (Phi) is 5.52. The first-order valence-electron chi connectivity index (χ1n) is 2.51. The topological polar surface area (TPSA) is 20.3 Å². The average Bonchev–Trinajstić information content (AvgIpc) is 1.87. The van der Waals surface area contributed by atoms with Gasteiger partial charge in [0.2, 0.25) is 0 Å². The lowest BCUT2D eigenvalue weighted by molar-refractivity contribution is 0.207. The van der Waals surface area contributed by atoms with Gasteiger partial charge in [0.1, 0.15) is 0 Å². The summed E-state index contributed by atoms with van der Waals surface area (Å²) in [5, 5.41) is 0. The quantitative estimate of drug-likeness (QED) is 0.218. The van der Waals surface area contributed by atoms with Crippen molar-refractivity contribution < 1.29 is 9.18 Å². The monoisotopic (exact) mass is 181 g/mol. The second-order valence-electron chi connectivity index (χ2n) is 1.34. The number of halogens is 1. The van der Waals surface area contributed by atoms with Gasteiger partial charge in [0.15, 0.2) is 0 Å². The summed E-state index contributed by atoms with van der Waals surface area (Å²) >= 11 is 0. The SMILES string of the molecule is C=CCN(SSC)C(=O)F. The summed E-state index contributed by atoms with van der Waals surface area (Å²) in [6, 6.07) is 0. The zero-order valence-electron chi connectivity index (χ0n) is 5.54. The van der Waals surface area contributed by atoms with Gasteiger partial charge in [-0.15, -0.1) is 11.0 Å². The zero-order valence-corrected chi connectivity index (χ0v) is 7.17. The molecule has 0 atom stereocenters. The number of hydrogen-bond acceptors (Lipinski definition) is 3. The minimum atomic E-state index is -1.43. The largest absolute Gasteiger partial charge is 0.411 e. The van der Waals surface area contributed by atoms with Crippen molar-refractivity contribution in [1.29, 1.82) is 0 Å². The van der Waals surface area contributed by atoms with E-state index >= 15 is 0 Å². The molecule has 58 valence electrons. The molecule has 5 heteroatoms. The van der Waals surface area contributed by atoms with Crippen LogP contribution in [-0.2, 0) is 0 Å². The van der Waals surface area contributed by atoms with Gasteiger partial charge in [-0.25, -0.2) is 9.10 Å². The molecule has 0 bridgehead atoms. The van der Waals surface area contributed by atoms with Crippen LogP contribution >= 0.6 is 21.8 Å². The Labute approximate surface area is 67.4 Å². The van der Waals surface area contributed by atoms with E-state index in [1.165, 1.54) is 16.9 Å². The summed E-state index contributed by atoms with van der Waals surface area (Å²) in [7, 11) is 2.38. The first-order chi connectivity index (χ1) is 4.72. The van der Waals surface area contributed by atoms with Crippen molar-refractivity contribution in [3.63, 3.8) is 0 Å². The van der Waals surface area contributed by atoms with Crippen LogP contribution in [-0.4, -0.2) is 23.3 Å². The molecule has 0 heterocycles. The maximum Gasteiger partial charge on any atom is 0.411 e. The van der Waals surface area contributed by atoms with E-state index in [4.69, 9.17) is 0 Å². The fourth-order valence-corrected chi connectivity index (χ4v) is 1.64. The van der Waals surface area contributed by atoms with Crippen LogP contribution in [0.5, 0.6) is 0 Å². The highest BCUT2D eigenvalue weighted by Crippen LogP contribution is 2.23. The van der Waals surface area contributed by atoms with Gasteiger partial charge in [-0.05, 0) is 6.26 Å². The lowest BCUT2D eigenvalue weighted by Crippen LogP contribution is -2.17. The smallest absolute Gasteiger partial charge is 0.245 e. The average molecular weight is 181 g/mol. The maximum atomic E-state index is 11.9. The minimum Gasteiger partial charge on any atom is -0.245 e. The van der Waals surface area contributed by atoms with Crippen LogP contribution < -0.4 is 0 Å². The van der Waals surface area contributed by atoms with Gasteiger partial charge < -0.3 is 0 Å². The lowest BCUT2D eigenvalue weighted by atomic mass is 10.6. The summed E-state index contributed by atoms with van der Waals surface area (Å²) < 4.78 is 12.9. The molecule has 2 nitrogen and oxygen atoms in total. The van der Waals surface area contributed by atoms with Gasteiger partial charge in [-0.3, -0.25) is 0 Å². The second kappa shape index (κ2) is 5.61. The summed E-state index contributed by atoms with van der Waals surface area (Å²) in [6.45, 7) is 3.62. The van der Waals surface area contributed by atoms with Crippen molar-refractivity contribution in [2.24, 2.45) is 0 Å². The van der Waals surface area contributed by atoms with E-state index in [0.717, 1.165) is 15.3 Å². The fraction of sp³-hybridized carbons (Fsp3) is 0.400. The Morgan fingerprint density at radius 1 is 1.90 bits per heavy atom. The third kappa shape index (κ3) is 3.79. The zero-order chi connectivity index (χ0) is 7.98. The van der Waals surface area contributed by atoms with E-state index in [2.05, 4.69) is 6.58 Å².